The van der Waals surface area contributed by atoms with Gasteiger partial charge < -0.3 is 5.32 Å². The van der Waals surface area contributed by atoms with Gasteiger partial charge in [0.15, 0.2) is 0 Å². The minimum absolute atomic E-state index is 0.326. The van der Waals surface area contributed by atoms with E-state index in [0.29, 0.717) is 18.0 Å². The Hall–Kier alpha value is -1.19. The van der Waals surface area contributed by atoms with Crippen LogP contribution in [0.5, 0.6) is 0 Å². The summed E-state index contributed by atoms with van der Waals surface area (Å²) >= 11 is 3.49. The molecule has 0 unspecified atom stereocenters. The van der Waals surface area contributed by atoms with Crippen molar-refractivity contribution in [1.82, 2.24) is 10.3 Å². The molecule has 0 bridgehead atoms. The van der Waals surface area contributed by atoms with Crippen molar-refractivity contribution in [3.63, 3.8) is 0 Å². The van der Waals surface area contributed by atoms with E-state index < -0.39 is 0 Å². The normalized spacial score (nSPS) is 23.1. The Morgan fingerprint density at radius 1 is 1.15 bits per heavy atom. The van der Waals surface area contributed by atoms with Crippen LogP contribution in [0, 0.1) is 0 Å². The minimum atomic E-state index is 0.326. The summed E-state index contributed by atoms with van der Waals surface area (Å²) in [6, 6.07) is 15.8. The van der Waals surface area contributed by atoms with Crippen LogP contribution in [0.2, 0.25) is 0 Å². The molecule has 0 radical (unpaired) electrons. The highest BCUT2D eigenvalue weighted by atomic mass is 79.9. The number of nitrogens with one attached hydrogen (secondary N) is 1. The van der Waals surface area contributed by atoms with E-state index in [0.717, 1.165) is 10.2 Å². The van der Waals surface area contributed by atoms with Gasteiger partial charge in [0.2, 0.25) is 0 Å². The Labute approximate surface area is 128 Å². The number of nitrogens with zero attached hydrogens (tertiary/aromatic N) is 1. The van der Waals surface area contributed by atoms with Crippen LogP contribution >= 0.6 is 15.9 Å². The van der Waals surface area contributed by atoms with E-state index in [1.54, 1.807) is 0 Å². The molecular formula is C17H19BrN2. The van der Waals surface area contributed by atoms with E-state index in [2.05, 4.69) is 63.5 Å². The molecule has 0 amide bonds. The van der Waals surface area contributed by atoms with E-state index >= 15 is 0 Å². The summed E-state index contributed by atoms with van der Waals surface area (Å²) in [7, 11) is 0. The lowest BCUT2D eigenvalue weighted by molar-refractivity contribution is 0.269. The second kappa shape index (κ2) is 6.06. The lowest BCUT2D eigenvalue weighted by atomic mass is 9.75. The number of hydrogen-bond donors (Lipinski definition) is 1. The molecule has 1 saturated carbocycles. The number of aromatic nitrogens is 1. The third kappa shape index (κ3) is 3.10. The zero-order chi connectivity index (χ0) is 13.9. The van der Waals surface area contributed by atoms with Gasteiger partial charge in [-0.2, -0.15) is 0 Å². The number of hydrogen-bond acceptors (Lipinski definition) is 2. The molecular weight excluding hydrogens is 312 g/mol. The molecule has 1 fully saturated rings. The SMILES string of the molecule is C[C@@H](NC1CC(c2ccc(Br)cc2)C1)c1ccccn1. The highest BCUT2D eigenvalue weighted by molar-refractivity contribution is 9.10. The Morgan fingerprint density at radius 2 is 1.90 bits per heavy atom. The first kappa shape index (κ1) is 13.8. The van der Waals surface area contributed by atoms with Crippen molar-refractivity contribution in [3.05, 3.63) is 64.4 Å². The first-order valence-electron chi connectivity index (χ1n) is 7.15. The van der Waals surface area contributed by atoms with Crippen molar-refractivity contribution >= 4 is 15.9 Å². The van der Waals surface area contributed by atoms with Crippen molar-refractivity contribution in [3.8, 4) is 0 Å². The summed E-state index contributed by atoms with van der Waals surface area (Å²) < 4.78 is 1.15. The highest BCUT2D eigenvalue weighted by Crippen LogP contribution is 2.38. The van der Waals surface area contributed by atoms with Crippen LogP contribution in [0.25, 0.3) is 0 Å². The van der Waals surface area contributed by atoms with Gasteiger partial charge in [-0.1, -0.05) is 34.1 Å². The van der Waals surface area contributed by atoms with Crippen LogP contribution in [0.1, 0.15) is 43.0 Å². The summed E-state index contributed by atoms with van der Waals surface area (Å²) in [5.74, 6) is 0.705. The smallest absolute Gasteiger partial charge is 0.0570 e. The zero-order valence-corrected chi connectivity index (χ0v) is 13.2. The van der Waals surface area contributed by atoms with Crippen molar-refractivity contribution < 1.29 is 0 Å². The summed E-state index contributed by atoms with van der Waals surface area (Å²) in [4.78, 5) is 4.41. The minimum Gasteiger partial charge on any atom is -0.306 e. The fourth-order valence-electron chi connectivity index (χ4n) is 2.83. The van der Waals surface area contributed by atoms with E-state index in [9.17, 15) is 0 Å². The van der Waals surface area contributed by atoms with Gasteiger partial charge in [-0.15, -0.1) is 0 Å². The predicted octanol–water partition coefficient (Wildman–Crippen LogP) is 4.44. The average Bonchev–Trinajstić information content (AvgIpc) is 2.44. The second-order valence-corrected chi connectivity index (χ2v) is 6.48. The monoisotopic (exact) mass is 330 g/mol. The summed E-state index contributed by atoms with van der Waals surface area (Å²) in [6.45, 7) is 2.19. The van der Waals surface area contributed by atoms with Gasteiger partial charge in [0.1, 0.15) is 0 Å². The molecule has 1 N–H and O–H groups in total. The molecule has 1 heterocycles. The maximum atomic E-state index is 4.41. The highest BCUT2D eigenvalue weighted by Gasteiger charge is 2.31. The fourth-order valence-corrected chi connectivity index (χ4v) is 3.10. The Balaban J connectivity index is 1.52. The van der Waals surface area contributed by atoms with Gasteiger partial charge in [-0.3, -0.25) is 4.98 Å². The molecule has 0 spiro atoms. The van der Waals surface area contributed by atoms with Gasteiger partial charge in [0.25, 0.3) is 0 Å². The maximum absolute atomic E-state index is 4.41. The number of halogens is 1. The lowest BCUT2D eigenvalue weighted by Gasteiger charge is -2.38. The van der Waals surface area contributed by atoms with Crippen LogP contribution in [0.3, 0.4) is 0 Å². The van der Waals surface area contributed by atoms with E-state index in [1.165, 1.54) is 18.4 Å². The fraction of sp³-hybridized carbons (Fsp3) is 0.353. The van der Waals surface area contributed by atoms with Crippen molar-refractivity contribution in [1.29, 1.82) is 0 Å². The van der Waals surface area contributed by atoms with Crippen LogP contribution < -0.4 is 5.32 Å². The van der Waals surface area contributed by atoms with Crippen LogP contribution in [0.15, 0.2) is 53.1 Å². The quantitative estimate of drug-likeness (QED) is 0.896. The number of pyridine rings is 1. The molecule has 104 valence electrons. The second-order valence-electron chi connectivity index (χ2n) is 5.56. The van der Waals surface area contributed by atoms with Crippen molar-refractivity contribution in [2.24, 2.45) is 0 Å². The Kier molecular flexibility index (Phi) is 4.18. The number of benzene rings is 1. The average molecular weight is 331 g/mol. The Bertz CT molecular complexity index is 547. The van der Waals surface area contributed by atoms with E-state index in [-0.39, 0.29) is 0 Å². The first-order chi connectivity index (χ1) is 9.72. The third-order valence-electron chi connectivity index (χ3n) is 4.10. The lowest BCUT2D eigenvalue weighted by Crippen LogP contribution is -2.41. The molecule has 1 aromatic heterocycles. The molecule has 2 nitrogen and oxygen atoms in total. The van der Waals surface area contributed by atoms with Gasteiger partial charge in [0, 0.05) is 22.8 Å². The molecule has 20 heavy (non-hydrogen) atoms. The van der Waals surface area contributed by atoms with E-state index in [4.69, 9.17) is 0 Å². The van der Waals surface area contributed by atoms with Gasteiger partial charge in [-0.05, 0) is 55.5 Å². The van der Waals surface area contributed by atoms with Crippen LogP contribution in [0.4, 0.5) is 0 Å². The third-order valence-corrected chi connectivity index (χ3v) is 4.63. The Morgan fingerprint density at radius 3 is 2.55 bits per heavy atom. The molecule has 3 heteroatoms. The zero-order valence-electron chi connectivity index (χ0n) is 11.6. The standard InChI is InChI=1S/C17H19BrN2/c1-12(17-4-2-3-9-19-17)20-16-10-14(11-16)13-5-7-15(18)8-6-13/h2-9,12,14,16,20H,10-11H2,1H3/t12-,14?,16?/m1/s1. The number of rotatable bonds is 4. The van der Waals surface area contributed by atoms with Crippen molar-refractivity contribution in [2.45, 2.75) is 37.8 Å². The van der Waals surface area contributed by atoms with Gasteiger partial charge in [0.05, 0.1) is 5.69 Å². The molecule has 1 aromatic carbocycles. The molecule has 3 rings (SSSR count). The summed E-state index contributed by atoms with van der Waals surface area (Å²) in [5.41, 5.74) is 2.58. The summed E-state index contributed by atoms with van der Waals surface area (Å²) in [5, 5.41) is 3.67. The molecule has 1 atom stereocenters. The first-order valence-corrected chi connectivity index (χ1v) is 7.94. The van der Waals surface area contributed by atoms with Crippen LogP contribution in [-0.4, -0.2) is 11.0 Å². The molecule has 0 saturated heterocycles. The maximum Gasteiger partial charge on any atom is 0.0570 e. The molecule has 1 aliphatic carbocycles. The molecule has 2 aromatic rings. The topological polar surface area (TPSA) is 24.9 Å². The summed E-state index contributed by atoms with van der Waals surface area (Å²) in [6.07, 6.45) is 4.30. The largest absolute Gasteiger partial charge is 0.306 e. The van der Waals surface area contributed by atoms with Crippen LogP contribution in [-0.2, 0) is 0 Å². The molecule has 1 aliphatic rings. The molecule has 0 aliphatic heterocycles. The van der Waals surface area contributed by atoms with Gasteiger partial charge >= 0.3 is 0 Å². The predicted molar refractivity (Wildman–Crippen MR) is 85.7 cm³/mol. The van der Waals surface area contributed by atoms with Crippen molar-refractivity contribution in [2.75, 3.05) is 0 Å². The van der Waals surface area contributed by atoms with Gasteiger partial charge in [-0.25, -0.2) is 0 Å². The van der Waals surface area contributed by atoms with E-state index in [1.807, 2.05) is 18.3 Å².